The van der Waals surface area contributed by atoms with Crippen LogP contribution in [0.1, 0.15) is 6.92 Å². The fourth-order valence-electron chi connectivity index (χ4n) is 0.836. The number of amides is 1. The fourth-order valence-corrected chi connectivity index (χ4v) is 2.17. The highest BCUT2D eigenvalue weighted by atomic mass is 35.5. The van der Waals surface area contributed by atoms with Gasteiger partial charge in [0.2, 0.25) is 11.0 Å². The average Bonchev–Trinajstić information content (AvgIpc) is 2.45. The third kappa shape index (κ3) is 3.01. The second kappa shape index (κ2) is 5.38. The number of hydrogen-bond acceptors (Lipinski definition) is 5. The Balaban J connectivity index is 3.02. The van der Waals surface area contributed by atoms with E-state index >= 15 is 0 Å². The van der Waals surface area contributed by atoms with Crippen molar-refractivity contribution in [1.82, 2.24) is 0 Å². The van der Waals surface area contributed by atoms with Gasteiger partial charge in [-0.15, -0.1) is 0 Å². The third-order valence-electron chi connectivity index (χ3n) is 1.42. The highest BCUT2D eigenvalue weighted by molar-refractivity contribution is 7.19. The molecule has 1 N–H and O–H groups in total. The number of anilines is 1. The molecule has 8 heteroatoms. The Hall–Kier alpha value is -0.980. The Morgan fingerprint density at radius 1 is 1.38 bits per heavy atom. The summed E-state index contributed by atoms with van der Waals surface area (Å²) in [4.78, 5) is 21.8. The summed E-state index contributed by atoms with van der Waals surface area (Å²) in [6.07, 6.45) is -0.916. The molecule has 0 aliphatic carbocycles. The van der Waals surface area contributed by atoms with E-state index in [0.717, 1.165) is 18.4 Å². The van der Waals surface area contributed by atoms with Crippen LogP contribution in [0.3, 0.4) is 0 Å². The maximum atomic E-state index is 10.9. The highest BCUT2D eigenvalue weighted by Crippen LogP contribution is 2.46. The van der Waals surface area contributed by atoms with Crippen LogP contribution < -0.4 is 10.1 Å². The van der Waals surface area contributed by atoms with Gasteiger partial charge in [-0.1, -0.05) is 34.5 Å². The van der Waals surface area contributed by atoms with Crippen LogP contribution in [0.2, 0.25) is 9.36 Å². The average molecular weight is 284 g/mol. The van der Waals surface area contributed by atoms with Gasteiger partial charge in [0.15, 0.2) is 0 Å². The number of carbonyl (C=O) groups excluding carboxylic acids is 2. The van der Waals surface area contributed by atoms with Gasteiger partial charge in [0.25, 0.3) is 0 Å². The lowest BCUT2D eigenvalue weighted by molar-refractivity contribution is -0.114. The predicted octanol–water partition coefficient (Wildman–Crippen LogP) is 3.16. The molecule has 5 nitrogen and oxygen atoms in total. The normalized spacial score (nSPS) is 9.75. The molecule has 0 saturated carbocycles. The first-order chi connectivity index (χ1) is 7.45. The van der Waals surface area contributed by atoms with Gasteiger partial charge >= 0.3 is 6.16 Å². The largest absolute Gasteiger partial charge is 0.514 e. The number of methoxy groups -OCH3 is 1. The number of hydrogen-bond donors (Lipinski definition) is 1. The Labute approximate surface area is 105 Å². The molecule has 0 atom stereocenters. The van der Waals surface area contributed by atoms with E-state index in [0.29, 0.717) is 0 Å². The van der Waals surface area contributed by atoms with Crippen molar-refractivity contribution in [3.8, 4) is 5.06 Å². The molecule has 1 heterocycles. The first-order valence-electron chi connectivity index (χ1n) is 3.97. The topological polar surface area (TPSA) is 64.6 Å². The van der Waals surface area contributed by atoms with E-state index in [1.165, 1.54) is 6.92 Å². The van der Waals surface area contributed by atoms with Crippen LogP contribution in [-0.2, 0) is 9.53 Å². The lowest BCUT2D eigenvalue weighted by atomic mass is 10.5. The molecule has 0 aliphatic heterocycles. The maximum Gasteiger partial charge on any atom is 0.514 e. The Bertz CT molecular complexity index is 432. The zero-order valence-corrected chi connectivity index (χ0v) is 10.6. The van der Waals surface area contributed by atoms with Crippen molar-refractivity contribution >= 4 is 52.3 Å². The van der Waals surface area contributed by atoms with Gasteiger partial charge in [-0.05, 0) is 0 Å². The first-order valence-corrected chi connectivity index (χ1v) is 5.54. The zero-order valence-electron chi connectivity index (χ0n) is 8.30. The molecule has 0 unspecified atom stereocenters. The van der Waals surface area contributed by atoms with Gasteiger partial charge in [0, 0.05) is 6.92 Å². The summed E-state index contributed by atoms with van der Waals surface area (Å²) >= 11 is 12.5. The number of ether oxygens (including phenoxy) is 2. The summed E-state index contributed by atoms with van der Waals surface area (Å²) in [6, 6.07) is 0. The van der Waals surface area contributed by atoms with Crippen LogP contribution in [0.5, 0.6) is 5.06 Å². The first kappa shape index (κ1) is 13.1. The molecule has 0 fully saturated rings. The van der Waals surface area contributed by atoms with Crippen LogP contribution in [-0.4, -0.2) is 19.2 Å². The SMILES string of the molecule is COC(=O)Oc1sc(Cl)c(Cl)c1NC(C)=O. The lowest BCUT2D eigenvalue weighted by Gasteiger charge is -2.04. The molecule has 0 aliphatic rings. The highest BCUT2D eigenvalue weighted by Gasteiger charge is 2.20. The maximum absolute atomic E-state index is 10.9. The molecule has 0 aromatic carbocycles. The van der Waals surface area contributed by atoms with E-state index in [2.05, 4.69) is 10.1 Å². The van der Waals surface area contributed by atoms with Crippen molar-refractivity contribution in [2.45, 2.75) is 6.92 Å². The quantitative estimate of drug-likeness (QED) is 0.847. The van der Waals surface area contributed by atoms with E-state index < -0.39 is 6.16 Å². The Kier molecular flexibility index (Phi) is 4.40. The number of thiophene rings is 1. The Morgan fingerprint density at radius 2 is 2.00 bits per heavy atom. The van der Waals surface area contributed by atoms with E-state index in [-0.39, 0.29) is 26.0 Å². The van der Waals surface area contributed by atoms with Gasteiger partial charge < -0.3 is 14.8 Å². The smallest absolute Gasteiger partial charge is 0.437 e. The molecular weight excluding hydrogens is 277 g/mol. The van der Waals surface area contributed by atoms with Crippen molar-refractivity contribution in [3.63, 3.8) is 0 Å². The van der Waals surface area contributed by atoms with Gasteiger partial charge in [0.05, 0.1) is 12.1 Å². The van der Waals surface area contributed by atoms with E-state index in [9.17, 15) is 9.59 Å². The fraction of sp³-hybridized carbons (Fsp3) is 0.250. The Morgan fingerprint density at radius 3 is 2.50 bits per heavy atom. The zero-order chi connectivity index (χ0) is 12.3. The summed E-state index contributed by atoms with van der Waals surface area (Å²) in [5, 5.41) is 2.62. The van der Waals surface area contributed by atoms with Crippen LogP contribution in [0.25, 0.3) is 0 Å². The summed E-state index contributed by atoms with van der Waals surface area (Å²) in [5.41, 5.74) is 0.162. The minimum atomic E-state index is -0.916. The summed E-state index contributed by atoms with van der Waals surface area (Å²) in [5.74, 6) is -0.355. The summed E-state index contributed by atoms with van der Waals surface area (Å²) in [7, 11) is 1.16. The minimum absolute atomic E-state index is 0.0806. The van der Waals surface area contributed by atoms with Crippen LogP contribution in [0.15, 0.2) is 0 Å². The van der Waals surface area contributed by atoms with E-state index in [1.54, 1.807) is 0 Å². The third-order valence-corrected chi connectivity index (χ3v) is 3.29. The molecule has 0 bridgehead atoms. The van der Waals surface area contributed by atoms with Gasteiger partial charge in [-0.2, -0.15) is 0 Å². The number of carbonyl (C=O) groups is 2. The second-order valence-corrected chi connectivity index (χ2v) is 4.55. The monoisotopic (exact) mass is 283 g/mol. The summed E-state index contributed by atoms with van der Waals surface area (Å²) < 4.78 is 9.29. The second-order valence-electron chi connectivity index (χ2n) is 2.59. The molecule has 1 aromatic rings. The number of rotatable bonds is 2. The van der Waals surface area contributed by atoms with Gasteiger partial charge in [0.1, 0.15) is 10.0 Å². The number of halogens is 2. The van der Waals surface area contributed by atoms with E-state index in [4.69, 9.17) is 27.9 Å². The standard InChI is InChI=1S/C8H7Cl2NO4S/c1-3(12)11-5-4(9)6(10)16-7(5)15-8(13)14-2/h1-2H3,(H,11,12). The molecule has 0 saturated heterocycles. The number of nitrogens with one attached hydrogen (secondary N) is 1. The minimum Gasteiger partial charge on any atom is -0.437 e. The molecule has 88 valence electrons. The molecule has 1 aromatic heterocycles. The summed E-state index contributed by atoms with van der Waals surface area (Å²) in [6.45, 7) is 1.30. The van der Waals surface area contributed by atoms with Crippen LogP contribution in [0, 0.1) is 0 Å². The van der Waals surface area contributed by atoms with E-state index in [1.807, 2.05) is 0 Å². The van der Waals surface area contributed by atoms with Crippen molar-refractivity contribution in [2.24, 2.45) is 0 Å². The molecule has 0 radical (unpaired) electrons. The molecule has 1 rings (SSSR count). The predicted molar refractivity (Wildman–Crippen MR) is 61.7 cm³/mol. The van der Waals surface area contributed by atoms with Crippen LogP contribution in [0.4, 0.5) is 10.5 Å². The lowest BCUT2D eigenvalue weighted by Crippen LogP contribution is -2.10. The van der Waals surface area contributed by atoms with Crippen molar-refractivity contribution in [1.29, 1.82) is 0 Å². The van der Waals surface area contributed by atoms with Gasteiger partial charge in [-0.3, -0.25) is 4.79 Å². The van der Waals surface area contributed by atoms with Crippen molar-refractivity contribution in [2.75, 3.05) is 12.4 Å². The molecule has 0 spiro atoms. The molecule has 16 heavy (non-hydrogen) atoms. The van der Waals surface area contributed by atoms with Crippen molar-refractivity contribution < 1.29 is 19.1 Å². The van der Waals surface area contributed by atoms with Crippen LogP contribution >= 0.6 is 34.5 Å². The van der Waals surface area contributed by atoms with Crippen molar-refractivity contribution in [3.05, 3.63) is 9.36 Å². The molecule has 1 amide bonds. The molecular formula is C8H7Cl2NO4S. The van der Waals surface area contributed by atoms with Gasteiger partial charge in [-0.25, -0.2) is 4.79 Å².